The molecule has 1 unspecified atom stereocenters. The summed E-state index contributed by atoms with van der Waals surface area (Å²) in [6.45, 7) is 8.68. The van der Waals surface area contributed by atoms with E-state index in [1.54, 1.807) is 16.2 Å². The van der Waals surface area contributed by atoms with Crippen molar-refractivity contribution in [3.05, 3.63) is 22.4 Å². The van der Waals surface area contributed by atoms with Gasteiger partial charge in [0.25, 0.3) is 0 Å². The van der Waals surface area contributed by atoms with Crippen LogP contribution in [0.4, 0.5) is 4.79 Å². The molecule has 1 N–H and O–H groups in total. The Hall–Kier alpha value is -1.07. The van der Waals surface area contributed by atoms with Gasteiger partial charge in [0.2, 0.25) is 0 Å². The normalized spacial score (nSPS) is 16.1. The number of guanidine groups is 1. The molecule has 0 aliphatic carbocycles. The van der Waals surface area contributed by atoms with E-state index in [9.17, 15) is 4.79 Å². The third-order valence-corrected chi connectivity index (χ3v) is 5.32. The standard InChI is InChI=1S/C18H31N5O2S.HI/c1-5-19-17(20-14-15(21(3)4)16-8-7-13-26-16)22-9-11-23(12-10-22)18(24)25-6-2;/h7-8,13,15H,5-6,9-12,14H2,1-4H3,(H,19,20);1H. The van der Waals surface area contributed by atoms with Crippen LogP contribution in [0.5, 0.6) is 0 Å². The topological polar surface area (TPSA) is 60.4 Å². The quantitative estimate of drug-likeness (QED) is 0.363. The van der Waals surface area contributed by atoms with Crippen molar-refractivity contribution in [3.63, 3.8) is 0 Å². The van der Waals surface area contributed by atoms with Crippen molar-refractivity contribution >= 4 is 47.4 Å². The molecule has 0 radical (unpaired) electrons. The van der Waals surface area contributed by atoms with Crippen molar-refractivity contribution in [1.29, 1.82) is 0 Å². The molecular formula is C18H32IN5O2S. The van der Waals surface area contributed by atoms with Crippen LogP contribution in [0.25, 0.3) is 0 Å². The first kappa shape index (κ1) is 24.0. The molecule has 1 aromatic rings. The van der Waals surface area contributed by atoms with E-state index in [4.69, 9.17) is 9.73 Å². The SMILES string of the molecule is CCNC(=NCC(c1cccs1)N(C)C)N1CCN(C(=O)OCC)CC1.I. The summed E-state index contributed by atoms with van der Waals surface area (Å²) in [5.41, 5.74) is 0. The highest BCUT2D eigenvalue weighted by molar-refractivity contribution is 14.0. The number of nitrogens with one attached hydrogen (secondary N) is 1. The van der Waals surface area contributed by atoms with E-state index in [1.165, 1.54) is 4.88 Å². The second-order valence-corrected chi connectivity index (χ2v) is 7.34. The van der Waals surface area contributed by atoms with Crippen LogP contribution in [0.3, 0.4) is 0 Å². The van der Waals surface area contributed by atoms with E-state index in [2.05, 4.69) is 53.6 Å². The number of rotatable bonds is 6. The van der Waals surface area contributed by atoms with Gasteiger partial charge in [-0.15, -0.1) is 35.3 Å². The summed E-state index contributed by atoms with van der Waals surface area (Å²) in [4.78, 5) is 24.3. The minimum atomic E-state index is -0.223. The van der Waals surface area contributed by atoms with Crippen molar-refractivity contribution < 1.29 is 9.53 Å². The van der Waals surface area contributed by atoms with Gasteiger partial charge in [0, 0.05) is 37.6 Å². The van der Waals surface area contributed by atoms with Gasteiger partial charge in [-0.3, -0.25) is 4.99 Å². The predicted octanol–water partition coefficient (Wildman–Crippen LogP) is 2.71. The number of hydrogen-bond acceptors (Lipinski definition) is 5. The minimum absolute atomic E-state index is 0. The molecular weight excluding hydrogens is 477 g/mol. The molecule has 1 saturated heterocycles. The highest BCUT2D eigenvalue weighted by atomic mass is 127. The summed E-state index contributed by atoms with van der Waals surface area (Å²) in [6.07, 6.45) is -0.223. The lowest BCUT2D eigenvalue weighted by Gasteiger charge is -2.36. The molecule has 1 amide bonds. The van der Waals surface area contributed by atoms with Gasteiger partial charge in [-0.1, -0.05) is 6.07 Å². The average Bonchev–Trinajstić information content (AvgIpc) is 3.15. The maximum atomic E-state index is 11.9. The first-order valence-electron chi connectivity index (χ1n) is 9.21. The molecule has 7 nitrogen and oxygen atoms in total. The molecule has 0 spiro atoms. The van der Waals surface area contributed by atoms with E-state index in [0.717, 1.165) is 25.6 Å². The first-order chi connectivity index (χ1) is 12.6. The number of aliphatic imine (C=N–C) groups is 1. The number of nitrogens with zero attached hydrogens (tertiary/aromatic N) is 4. The zero-order valence-corrected chi connectivity index (χ0v) is 19.8. The van der Waals surface area contributed by atoms with Crippen LogP contribution in [0.1, 0.15) is 24.8 Å². The fraction of sp³-hybridized carbons (Fsp3) is 0.667. The average molecular weight is 509 g/mol. The van der Waals surface area contributed by atoms with Crippen molar-refractivity contribution in [1.82, 2.24) is 20.0 Å². The number of piperazine rings is 1. The zero-order chi connectivity index (χ0) is 18.9. The summed E-state index contributed by atoms with van der Waals surface area (Å²) < 4.78 is 5.09. The number of carbonyl (C=O) groups excluding carboxylic acids is 1. The second kappa shape index (κ2) is 12.4. The van der Waals surface area contributed by atoms with Crippen LogP contribution in [-0.2, 0) is 4.74 Å². The zero-order valence-electron chi connectivity index (χ0n) is 16.7. The third-order valence-electron chi connectivity index (χ3n) is 4.35. The van der Waals surface area contributed by atoms with Gasteiger partial charge in [-0.25, -0.2) is 4.79 Å². The Balaban J connectivity index is 0.00000364. The maximum Gasteiger partial charge on any atom is 0.409 e. The number of halogens is 1. The molecule has 154 valence electrons. The van der Waals surface area contributed by atoms with Gasteiger partial charge in [0.1, 0.15) is 0 Å². The van der Waals surface area contributed by atoms with E-state index in [-0.39, 0.29) is 36.1 Å². The Bertz CT molecular complexity index is 574. The summed E-state index contributed by atoms with van der Waals surface area (Å²) in [5.74, 6) is 0.916. The van der Waals surface area contributed by atoms with Crippen molar-refractivity contribution in [2.75, 3.05) is 60.0 Å². The van der Waals surface area contributed by atoms with Crippen LogP contribution in [0.15, 0.2) is 22.5 Å². The molecule has 2 rings (SSSR count). The summed E-state index contributed by atoms with van der Waals surface area (Å²) in [5, 5.41) is 5.49. The fourth-order valence-corrected chi connectivity index (χ4v) is 3.82. The summed E-state index contributed by atoms with van der Waals surface area (Å²) in [6, 6.07) is 4.51. The van der Waals surface area contributed by atoms with Gasteiger partial charge >= 0.3 is 6.09 Å². The molecule has 1 atom stereocenters. The number of hydrogen-bond donors (Lipinski definition) is 1. The van der Waals surface area contributed by atoms with Crippen LogP contribution in [0.2, 0.25) is 0 Å². The van der Waals surface area contributed by atoms with Crippen LogP contribution < -0.4 is 5.32 Å². The van der Waals surface area contributed by atoms with Crippen molar-refractivity contribution in [2.45, 2.75) is 19.9 Å². The Morgan fingerprint density at radius 2 is 1.96 bits per heavy atom. The largest absolute Gasteiger partial charge is 0.450 e. The molecule has 1 aromatic heterocycles. The highest BCUT2D eigenvalue weighted by Gasteiger charge is 2.24. The van der Waals surface area contributed by atoms with E-state index in [0.29, 0.717) is 26.2 Å². The highest BCUT2D eigenvalue weighted by Crippen LogP contribution is 2.23. The number of carbonyl (C=O) groups is 1. The van der Waals surface area contributed by atoms with Gasteiger partial charge in [-0.05, 0) is 39.4 Å². The Morgan fingerprint density at radius 3 is 2.48 bits per heavy atom. The molecule has 0 bridgehead atoms. The van der Waals surface area contributed by atoms with Gasteiger partial charge in [-0.2, -0.15) is 0 Å². The minimum Gasteiger partial charge on any atom is -0.450 e. The van der Waals surface area contributed by atoms with Gasteiger partial charge in [0.05, 0.1) is 19.2 Å². The molecule has 9 heteroatoms. The smallest absolute Gasteiger partial charge is 0.409 e. The van der Waals surface area contributed by atoms with Crippen LogP contribution >= 0.6 is 35.3 Å². The molecule has 0 aromatic carbocycles. The lowest BCUT2D eigenvalue weighted by molar-refractivity contribution is 0.0914. The molecule has 1 aliphatic rings. The molecule has 0 saturated carbocycles. The number of amides is 1. The number of likely N-dealkylation sites (N-methyl/N-ethyl adjacent to an activating group) is 1. The summed E-state index contributed by atoms with van der Waals surface area (Å²) in [7, 11) is 4.18. The monoisotopic (exact) mass is 509 g/mol. The lowest BCUT2D eigenvalue weighted by Crippen LogP contribution is -2.54. The van der Waals surface area contributed by atoms with Gasteiger partial charge < -0.3 is 24.8 Å². The van der Waals surface area contributed by atoms with E-state index in [1.807, 2.05) is 6.92 Å². The first-order valence-corrected chi connectivity index (χ1v) is 10.1. The van der Waals surface area contributed by atoms with E-state index < -0.39 is 0 Å². The van der Waals surface area contributed by atoms with Crippen molar-refractivity contribution in [3.8, 4) is 0 Å². The molecule has 2 heterocycles. The van der Waals surface area contributed by atoms with E-state index >= 15 is 0 Å². The Morgan fingerprint density at radius 1 is 1.30 bits per heavy atom. The third kappa shape index (κ3) is 7.11. The van der Waals surface area contributed by atoms with Crippen molar-refractivity contribution in [2.24, 2.45) is 4.99 Å². The molecule has 1 fully saturated rings. The van der Waals surface area contributed by atoms with Gasteiger partial charge in [0.15, 0.2) is 5.96 Å². The number of ether oxygens (including phenoxy) is 1. The lowest BCUT2D eigenvalue weighted by atomic mass is 10.2. The second-order valence-electron chi connectivity index (χ2n) is 6.36. The predicted molar refractivity (Wildman–Crippen MR) is 122 cm³/mol. The Labute approximate surface area is 183 Å². The Kier molecular flexibility index (Phi) is 11.0. The van der Waals surface area contributed by atoms with Crippen LogP contribution in [0, 0.1) is 0 Å². The summed E-state index contributed by atoms with van der Waals surface area (Å²) >= 11 is 1.77. The maximum absolute atomic E-state index is 11.9. The number of thiophene rings is 1. The fourth-order valence-electron chi connectivity index (χ4n) is 2.90. The molecule has 27 heavy (non-hydrogen) atoms. The molecule has 1 aliphatic heterocycles. The van der Waals surface area contributed by atoms with Crippen LogP contribution in [-0.4, -0.2) is 86.7 Å².